The van der Waals surface area contributed by atoms with Crippen LogP contribution in [0.25, 0.3) is 0 Å². The fourth-order valence-corrected chi connectivity index (χ4v) is 3.14. The molecular formula is C17H27NO6S. The van der Waals surface area contributed by atoms with Gasteiger partial charge in [-0.1, -0.05) is 19.3 Å². The van der Waals surface area contributed by atoms with E-state index in [0.29, 0.717) is 13.0 Å². The lowest BCUT2D eigenvalue weighted by atomic mass is 9.88. The highest BCUT2D eigenvalue weighted by Crippen LogP contribution is 2.32. The lowest BCUT2D eigenvalue weighted by Crippen LogP contribution is -2.40. The number of amides is 1. The summed E-state index contributed by atoms with van der Waals surface area (Å²) in [4.78, 5) is 44.9. The van der Waals surface area contributed by atoms with Gasteiger partial charge in [0.25, 0.3) is 0 Å². The SMILES string of the molecule is O=C(O)CCCC(=O)OC(=O)CCCC(=O)NCC1(S)CCCCC1. The van der Waals surface area contributed by atoms with Gasteiger partial charge in [-0.2, -0.15) is 12.6 Å². The van der Waals surface area contributed by atoms with Gasteiger partial charge in [-0.3, -0.25) is 19.2 Å². The Morgan fingerprint density at radius 1 is 0.920 bits per heavy atom. The lowest BCUT2D eigenvalue weighted by Gasteiger charge is -2.32. The van der Waals surface area contributed by atoms with Crippen molar-refractivity contribution in [3.05, 3.63) is 0 Å². The van der Waals surface area contributed by atoms with Gasteiger partial charge in [0.2, 0.25) is 5.91 Å². The molecule has 0 saturated heterocycles. The number of carboxylic acid groups (broad SMARTS) is 1. The van der Waals surface area contributed by atoms with Gasteiger partial charge in [-0.15, -0.1) is 0 Å². The van der Waals surface area contributed by atoms with Gasteiger partial charge >= 0.3 is 17.9 Å². The van der Waals surface area contributed by atoms with Crippen LogP contribution in [0.15, 0.2) is 0 Å². The van der Waals surface area contributed by atoms with Crippen molar-refractivity contribution >= 4 is 36.4 Å². The van der Waals surface area contributed by atoms with Crippen molar-refractivity contribution in [2.45, 2.75) is 75.4 Å². The highest BCUT2D eigenvalue weighted by atomic mass is 32.1. The standard InChI is InChI=1S/C17H27NO6S/c19-13(18-12-17(25)10-2-1-3-11-17)6-4-8-15(22)24-16(23)9-5-7-14(20)21/h25H,1-12H2,(H,18,19)(H,20,21). The van der Waals surface area contributed by atoms with Crippen molar-refractivity contribution in [3.63, 3.8) is 0 Å². The van der Waals surface area contributed by atoms with E-state index in [1.54, 1.807) is 0 Å². The predicted octanol–water partition coefficient (Wildman–Crippen LogP) is 2.23. The Hall–Kier alpha value is -1.57. The average Bonchev–Trinajstić information content (AvgIpc) is 2.53. The maximum atomic E-state index is 11.8. The molecule has 1 saturated carbocycles. The van der Waals surface area contributed by atoms with Crippen LogP contribution in [0.2, 0.25) is 0 Å². The zero-order chi connectivity index (χ0) is 18.7. The fraction of sp³-hybridized carbons (Fsp3) is 0.765. The minimum absolute atomic E-state index is 0.0237. The van der Waals surface area contributed by atoms with Crippen LogP contribution in [0.4, 0.5) is 0 Å². The van der Waals surface area contributed by atoms with Crippen LogP contribution in [0.3, 0.4) is 0 Å². The summed E-state index contributed by atoms with van der Waals surface area (Å²) in [7, 11) is 0. The Morgan fingerprint density at radius 3 is 2.04 bits per heavy atom. The third kappa shape index (κ3) is 10.1. The van der Waals surface area contributed by atoms with E-state index in [1.807, 2.05) is 0 Å². The summed E-state index contributed by atoms with van der Waals surface area (Å²) in [6.45, 7) is 0.529. The van der Waals surface area contributed by atoms with Crippen molar-refractivity contribution < 1.29 is 29.0 Å². The smallest absolute Gasteiger partial charge is 0.313 e. The highest BCUT2D eigenvalue weighted by Gasteiger charge is 2.28. The lowest BCUT2D eigenvalue weighted by molar-refractivity contribution is -0.159. The molecule has 0 atom stereocenters. The minimum atomic E-state index is -0.999. The van der Waals surface area contributed by atoms with Crippen LogP contribution in [0.5, 0.6) is 0 Å². The molecule has 0 aliphatic heterocycles. The number of rotatable bonds is 10. The van der Waals surface area contributed by atoms with Crippen molar-refractivity contribution in [3.8, 4) is 0 Å². The van der Waals surface area contributed by atoms with Crippen LogP contribution in [-0.4, -0.2) is 40.2 Å². The molecule has 1 amide bonds. The molecule has 1 aliphatic carbocycles. The molecule has 142 valence electrons. The summed E-state index contributed by atoms with van der Waals surface area (Å²) in [5.74, 6) is -2.56. The number of thiol groups is 1. The first-order valence-electron chi connectivity index (χ1n) is 8.75. The van der Waals surface area contributed by atoms with Gasteiger partial charge in [-0.05, 0) is 25.7 Å². The molecule has 2 N–H and O–H groups in total. The molecule has 0 radical (unpaired) electrons. The molecule has 8 heteroatoms. The molecule has 25 heavy (non-hydrogen) atoms. The van der Waals surface area contributed by atoms with E-state index in [-0.39, 0.29) is 42.8 Å². The van der Waals surface area contributed by atoms with Crippen LogP contribution < -0.4 is 5.32 Å². The van der Waals surface area contributed by atoms with Gasteiger partial charge in [0.1, 0.15) is 0 Å². The normalized spacial score (nSPS) is 16.0. The third-order valence-electron chi connectivity index (χ3n) is 4.18. The second kappa shape index (κ2) is 11.1. The molecule has 1 rings (SSSR count). The number of esters is 2. The van der Waals surface area contributed by atoms with Gasteiger partial charge in [0.05, 0.1) is 0 Å². The number of carboxylic acids is 1. The van der Waals surface area contributed by atoms with E-state index in [2.05, 4.69) is 22.7 Å². The first-order valence-corrected chi connectivity index (χ1v) is 9.20. The Morgan fingerprint density at radius 2 is 1.48 bits per heavy atom. The monoisotopic (exact) mass is 373 g/mol. The van der Waals surface area contributed by atoms with Crippen LogP contribution in [-0.2, 0) is 23.9 Å². The third-order valence-corrected chi connectivity index (χ3v) is 4.79. The summed E-state index contributed by atoms with van der Waals surface area (Å²) in [5, 5.41) is 11.3. The quantitative estimate of drug-likeness (QED) is 0.308. The number of carbonyl (C=O) groups excluding carboxylic acids is 3. The summed E-state index contributed by atoms with van der Waals surface area (Å²) >= 11 is 4.66. The predicted molar refractivity (Wildman–Crippen MR) is 94.2 cm³/mol. The molecule has 1 fully saturated rings. The Labute approximate surface area is 153 Å². The number of nitrogens with one attached hydrogen (secondary N) is 1. The summed E-state index contributed by atoms with van der Waals surface area (Å²) < 4.78 is 4.44. The van der Waals surface area contributed by atoms with E-state index in [1.165, 1.54) is 6.42 Å². The topological polar surface area (TPSA) is 110 Å². The van der Waals surface area contributed by atoms with Crippen molar-refractivity contribution in [1.29, 1.82) is 0 Å². The maximum Gasteiger partial charge on any atom is 0.313 e. The largest absolute Gasteiger partial charge is 0.481 e. The molecule has 1 aliphatic rings. The van der Waals surface area contributed by atoms with Crippen LogP contribution >= 0.6 is 12.6 Å². The second-order valence-electron chi connectivity index (χ2n) is 6.51. The van der Waals surface area contributed by atoms with Crippen molar-refractivity contribution in [2.24, 2.45) is 0 Å². The number of carbonyl (C=O) groups is 4. The van der Waals surface area contributed by atoms with Crippen LogP contribution in [0.1, 0.15) is 70.6 Å². The van der Waals surface area contributed by atoms with Crippen LogP contribution in [0, 0.1) is 0 Å². The molecule has 0 aromatic heterocycles. The Kier molecular flexibility index (Phi) is 9.55. The number of hydrogen-bond acceptors (Lipinski definition) is 6. The fourth-order valence-electron chi connectivity index (χ4n) is 2.74. The molecule has 0 aromatic carbocycles. The molecule has 0 heterocycles. The summed E-state index contributed by atoms with van der Waals surface area (Å²) in [6, 6.07) is 0. The molecular weight excluding hydrogens is 346 g/mol. The molecule has 0 unspecified atom stereocenters. The molecule has 0 aromatic rings. The maximum absolute atomic E-state index is 11.8. The summed E-state index contributed by atoms with van der Waals surface area (Å²) in [5.41, 5.74) is 0. The highest BCUT2D eigenvalue weighted by molar-refractivity contribution is 7.81. The van der Waals surface area contributed by atoms with Gasteiger partial charge in [0, 0.05) is 37.0 Å². The summed E-state index contributed by atoms with van der Waals surface area (Å²) in [6.07, 6.45) is 5.81. The number of aliphatic carboxylic acids is 1. The molecule has 0 spiro atoms. The van der Waals surface area contributed by atoms with E-state index in [0.717, 1.165) is 25.7 Å². The van der Waals surface area contributed by atoms with E-state index >= 15 is 0 Å². The average molecular weight is 373 g/mol. The molecule has 7 nitrogen and oxygen atoms in total. The Balaban J connectivity index is 2.10. The first-order chi connectivity index (χ1) is 11.8. The zero-order valence-corrected chi connectivity index (χ0v) is 15.3. The zero-order valence-electron chi connectivity index (χ0n) is 14.4. The second-order valence-corrected chi connectivity index (χ2v) is 7.46. The number of ether oxygens (including phenoxy) is 1. The Bertz CT molecular complexity index is 488. The van der Waals surface area contributed by atoms with E-state index in [4.69, 9.17) is 5.11 Å². The van der Waals surface area contributed by atoms with E-state index < -0.39 is 17.9 Å². The molecule has 0 bridgehead atoms. The van der Waals surface area contributed by atoms with Gasteiger partial charge in [-0.25, -0.2) is 0 Å². The van der Waals surface area contributed by atoms with E-state index in [9.17, 15) is 19.2 Å². The van der Waals surface area contributed by atoms with Crippen molar-refractivity contribution in [2.75, 3.05) is 6.54 Å². The minimum Gasteiger partial charge on any atom is -0.481 e. The van der Waals surface area contributed by atoms with Gasteiger partial charge < -0.3 is 15.2 Å². The first kappa shape index (κ1) is 21.5. The van der Waals surface area contributed by atoms with Crippen molar-refractivity contribution in [1.82, 2.24) is 5.32 Å². The van der Waals surface area contributed by atoms with Gasteiger partial charge in [0.15, 0.2) is 0 Å². The number of hydrogen-bond donors (Lipinski definition) is 3.